The van der Waals surface area contributed by atoms with Crippen molar-refractivity contribution in [3.05, 3.63) is 42.0 Å². The van der Waals surface area contributed by atoms with Gasteiger partial charge in [-0.05, 0) is 55.8 Å². The monoisotopic (exact) mass is 587 g/mol. The molecule has 1 N–H and O–H groups in total. The Morgan fingerprint density at radius 3 is 2.55 bits per heavy atom. The number of rotatable bonds is 10. The fraction of sp³-hybridized carbons (Fsp3) is 0.464. The number of sulfonamides is 1. The first-order valence-corrected chi connectivity index (χ1v) is 15.9. The third-order valence-electron chi connectivity index (χ3n) is 7.38. The summed E-state index contributed by atoms with van der Waals surface area (Å²) < 4.78 is 50.8. The van der Waals surface area contributed by atoms with Crippen LogP contribution in [0.5, 0.6) is 17.2 Å². The summed E-state index contributed by atoms with van der Waals surface area (Å²) in [5, 5.41) is 4.44. The highest BCUT2D eigenvalue weighted by Crippen LogP contribution is 2.39. The second kappa shape index (κ2) is 11.9. The maximum absolute atomic E-state index is 13.4. The molecular formula is C28H33N3O7S2. The number of carbonyl (C=O) groups is 1. The summed E-state index contributed by atoms with van der Waals surface area (Å²) in [6.45, 7) is 6.16. The van der Waals surface area contributed by atoms with E-state index in [1.54, 1.807) is 30.3 Å². The molecule has 0 atom stereocenters. The zero-order valence-electron chi connectivity index (χ0n) is 22.2. The van der Waals surface area contributed by atoms with E-state index in [2.05, 4.69) is 10.2 Å². The maximum atomic E-state index is 13.4. The number of anilines is 1. The number of hydrogen-bond acceptors (Lipinski definition) is 9. The van der Waals surface area contributed by atoms with Gasteiger partial charge in [-0.3, -0.25) is 9.69 Å². The molecule has 1 aromatic heterocycles. The van der Waals surface area contributed by atoms with E-state index in [1.165, 1.54) is 15.6 Å². The molecule has 0 radical (unpaired) electrons. The fourth-order valence-corrected chi connectivity index (χ4v) is 7.77. The molecule has 6 rings (SSSR count). The first kappa shape index (κ1) is 27.3. The molecule has 214 valence electrons. The first-order valence-electron chi connectivity index (χ1n) is 13.7. The Labute approximate surface area is 237 Å². The Bertz CT molecular complexity index is 1480. The van der Waals surface area contributed by atoms with E-state index in [0.717, 1.165) is 68.6 Å². The number of unbranched alkanes of at least 4 members (excludes halogenated alkanes) is 1. The van der Waals surface area contributed by atoms with Crippen molar-refractivity contribution in [3.8, 4) is 17.2 Å². The highest BCUT2D eigenvalue weighted by molar-refractivity contribution is 7.89. The van der Waals surface area contributed by atoms with Gasteiger partial charge >= 0.3 is 0 Å². The molecule has 3 aliphatic rings. The second-order valence-electron chi connectivity index (χ2n) is 10.1. The van der Waals surface area contributed by atoms with E-state index < -0.39 is 10.0 Å². The molecular weight excluding hydrogens is 554 g/mol. The minimum Gasteiger partial charge on any atom is -0.493 e. The number of amides is 1. The molecule has 12 heteroatoms. The van der Waals surface area contributed by atoms with Crippen LogP contribution in [0.3, 0.4) is 0 Å². The highest BCUT2D eigenvalue weighted by atomic mass is 32.2. The van der Waals surface area contributed by atoms with Crippen LogP contribution in [0.25, 0.3) is 10.1 Å². The van der Waals surface area contributed by atoms with E-state index in [9.17, 15) is 13.2 Å². The topological polar surface area (TPSA) is 107 Å². The summed E-state index contributed by atoms with van der Waals surface area (Å²) in [5.41, 5.74) is 0.354. The molecule has 2 saturated heterocycles. The Morgan fingerprint density at radius 1 is 0.975 bits per heavy atom. The van der Waals surface area contributed by atoms with E-state index >= 15 is 0 Å². The van der Waals surface area contributed by atoms with E-state index in [1.807, 2.05) is 6.07 Å². The molecule has 10 nitrogen and oxygen atoms in total. The highest BCUT2D eigenvalue weighted by Gasteiger charge is 2.28. The van der Waals surface area contributed by atoms with Gasteiger partial charge in [0.15, 0.2) is 11.5 Å². The van der Waals surface area contributed by atoms with Crippen molar-refractivity contribution in [2.24, 2.45) is 0 Å². The number of benzene rings is 2. The Morgan fingerprint density at radius 2 is 1.75 bits per heavy atom. The second-order valence-corrected chi connectivity index (χ2v) is 13.1. The molecule has 0 aliphatic carbocycles. The van der Waals surface area contributed by atoms with E-state index in [-0.39, 0.29) is 17.6 Å². The van der Waals surface area contributed by atoms with Gasteiger partial charge in [-0.2, -0.15) is 4.31 Å². The fourth-order valence-electron chi connectivity index (χ4n) is 5.15. The lowest BCUT2D eigenvalue weighted by Gasteiger charge is -2.26. The van der Waals surface area contributed by atoms with Gasteiger partial charge in [0.25, 0.3) is 5.91 Å². The zero-order valence-corrected chi connectivity index (χ0v) is 23.9. The van der Waals surface area contributed by atoms with Crippen LogP contribution in [-0.2, 0) is 14.8 Å². The van der Waals surface area contributed by atoms with Crippen molar-refractivity contribution in [3.63, 3.8) is 0 Å². The predicted molar refractivity (Wildman–Crippen MR) is 152 cm³/mol. The van der Waals surface area contributed by atoms with E-state index in [0.29, 0.717) is 47.5 Å². The molecule has 0 saturated carbocycles. The number of fused-ring (bicyclic) bond motifs is 2. The lowest BCUT2D eigenvalue weighted by molar-refractivity contribution is 0.0368. The van der Waals surface area contributed by atoms with Gasteiger partial charge in [-0.15, -0.1) is 11.3 Å². The molecule has 40 heavy (non-hydrogen) atoms. The summed E-state index contributed by atoms with van der Waals surface area (Å²) in [6, 6.07) is 10.3. The number of nitrogens with one attached hydrogen (secondary N) is 1. The van der Waals surface area contributed by atoms with Crippen molar-refractivity contribution < 1.29 is 32.2 Å². The third-order valence-corrected chi connectivity index (χ3v) is 10.3. The lowest BCUT2D eigenvalue weighted by atomic mass is 10.1. The number of morpholine rings is 1. The molecule has 0 unspecified atom stereocenters. The van der Waals surface area contributed by atoms with Crippen molar-refractivity contribution in [2.75, 3.05) is 64.7 Å². The largest absolute Gasteiger partial charge is 0.493 e. The SMILES string of the molecule is O=C(Nc1cc2ccc(S(=O)(=O)N3CCCC3)cc2s1)c1cc2c(cc1OCCCCN1CCOCC1)OCO2. The average molecular weight is 588 g/mol. The molecule has 0 bridgehead atoms. The Hall–Kier alpha value is -2.90. The van der Waals surface area contributed by atoms with Crippen LogP contribution in [0.2, 0.25) is 0 Å². The number of nitrogens with zero attached hydrogens (tertiary/aromatic N) is 2. The van der Waals surface area contributed by atoms with Crippen LogP contribution in [0.4, 0.5) is 5.00 Å². The van der Waals surface area contributed by atoms with E-state index in [4.69, 9.17) is 18.9 Å². The van der Waals surface area contributed by atoms with Crippen molar-refractivity contribution >= 4 is 42.4 Å². The Kier molecular flexibility index (Phi) is 8.12. The molecule has 1 amide bonds. The van der Waals surface area contributed by atoms with Crippen molar-refractivity contribution in [2.45, 2.75) is 30.6 Å². The molecule has 2 aromatic carbocycles. The van der Waals surface area contributed by atoms with Crippen LogP contribution in [0, 0.1) is 0 Å². The quantitative estimate of drug-likeness (QED) is 0.353. The predicted octanol–water partition coefficient (Wildman–Crippen LogP) is 4.16. The summed E-state index contributed by atoms with van der Waals surface area (Å²) in [7, 11) is -3.52. The standard InChI is InChI=1S/C28H33N3O7S2/c32-28(29-27-15-20-5-6-21(16-26(20)39-27)40(33,34)31-8-1-2-9-31)22-17-24-25(38-19-37-24)18-23(22)36-12-4-3-7-30-10-13-35-14-11-30/h5-6,15-18H,1-4,7-14,19H2,(H,29,32). The minimum absolute atomic E-state index is 0.0956. The smallest absolute Gasteiger partial charge is 0.260 e. The van der Waals surface area contributed by atoms with Gasteiger partial charge in [-0.25, -0.2) is 8.42 Å². The molecule has 4 heterocycles. The van der Waals surface area contributed by atoms with Gasteiger partial charge < -0.3 is 24.3 Å². The summed E-state index contributed by atoms with van der Waals surface area (Å²) >= 11 is 1.34. The van der Waals surface area contributed by atoms with Crippen molar-refractivity contribution in [1.82, 2.24) is 9.21 Å². The number of ether oxygens (including phenoxy) is 4. The summed E-state index contributed by atoms with van der Waals surface area (Å²) in [4.78, 5) is 16.1. The summed E-state index contributed by atoms with van der Waals surface area (Å²) in [5.74, 6) is 1.15. The van der Waals surface area contributed by atoms with Crippen LogP contribution in [0.15, 0.2) is 41.3 Å². The normalized spacial score (nSPS) is 17.9. The zero-order chi connectivity index (χ0) is 27.5. The van der Waals surface area contributed by atoms with Crippen LogP contribution < -0.4 is 19.5 Å². The maximum Gasteiger partial charge on any atom is 0.260 e. The van der Waals surface area contributed by atoms with Gasteiger partial charge in [0, 0.05) is 43.0 Å². The van der Waals surface area contributed by atoms with Gasteiger partial charge in [0.2, 0.25) is 16.8 Å². The molecule has 3 aromatic rings. The van der Waals surface area contributed by atoms with Crippen LogP contribution >= 0.6 is 11.3 Å². The lowest BCUT2D eigenvalue weighted by Crippen LogP contribution is -2.36. The molecule has 3 aliphatic heterocycles. The average Bonchev–Trinajstić information content (AvgIpc) is 3.73. The molecule has 0 spiro atoms. The first-order chi connectivity index (χ1) is 19.5. The summed E-state index contributed by atoms with van der Waals surface area (Å²) in [6.07, 6.45) is 3.61. The van der Waals surface area contributed by atoms with Crippen LogP contribution in [0.1, 0.15) is 36.0 Å². The van der Waals surface area contributed by atoms with Gasteiger partial charge in [-0.1, -0.05) is 6.07 Å². The number of carbonyl (C=O) groups excluding carboxylic acids is 1. The minimum atomic E-state index is -3.52. The molecule has 2 fully saturated rings. The van der Waals surface area contributed by atoms with Gasteiger partial charge in [0.1, 0.15) is 5.75 Å². The number of thiophene rings is 1. The van der Waals surface area contributed by atoms with Gasteiger partial charge in [0.05, 0.1) is 35.3 Å². The van der Waals surface area contributed by atoms with Crippen molar-refractivity contribution in [1.29, 1.82) is 0 Å². The third kappa shape index (κ3) is 5.91. The van der Waals surface area contributed by atoms with Crippen LogP contribution in [-0.4, -0.2) is 82.9 Å². The Balaban J connectivity index is 1.14. The number of hydrogen-bond donors (Lipinski definition) is 1.